The molecule has 0 fully saturated rings. The summed E-state index contributed by atoms with van der Waals surface area (Å²) in [7, 11) is 0. The first kappa shape index (κ1) is 6.77. The van der Waals surface area contributed by atoms with E-state index in [-0.39, 0.29) is 17.1 Å². The SMILES string of the molecule is Nc1nc(O)c2[nH]c(F)nc2n1. The van der Waals surface area contributed by atoms with E-state index in [4.69, 9.17) is 10.8 Å². The molecule has 0 aliphatic rings. The summed E-state index contributed by atoms with van der Waals surface area (Å²) in [6, 6.07) is 0. The maximum atomic E-state index is 12.4. The highest BCUT2D eigenvalue weighted by molar-refractivity contribution is 5.76. The monoisotopic (exact) mass is 169 g/mol. The number of nitrogen functional groups attached to an aromatic ring is 1. The molecule has 0 amide bonds. The molecule has 4 N–H and O–H groups in total. The Kier molecular flexibility index (Phi) is 1.15. The number of hydrogen-bond acceptors (Lipinski definition) is 5. The van der Waals surface area contributed by atoms with Gasteiger partial charge in [-0.1, -0.05) is 0 Å². The molecule has 0 atom stereocenters. The lowest BCUT2D eigenvalue weighted by Gasteiger charge is -1.92. The smallest absolute Gasteiger partial charge is 0.289 e. The van der Waals surface area contributed by atoms with Gasteiger partial charge in [-0.25, -0.2) is 0 Å². The van der Waals surface area contributed by atoms with Crippen molar-refractivity contribution in [3.8, 4) is 5.88 Å². The molecule has 0 aliphatic heterocycles. The molecule has 2 heterocycles. The predicted molar refractivity (Wildman–Crippen MR) is 37.7 cm³/mol. The number of fused-ring (bicyclic) bond motifs is 1. The maximum absolute atomic E-state index is 12.4. The number of hydrogen-bond donors (Lipinski definition) is 3. The molecule has 0 aromatic carbocycles. The Balaban J connectivity index is 2.88. The first-order valence-electron chi connectivity index (χ1n) is 3.04. The Hall–Kier alpha value is -1.92. The van der Waals surface area contributed by atoms with Crippen LogP contribution in [0.5, 0.6) is 5.88 Å². The minimum atomic E-state index is -0.833. The Morgan fingerprint density at radius 1 is 1.33 bits per heavy atom. The molecule has 2 aromatic heterocycles. The van der Waals surface area contributed by atoms with Crippen molar-refractivity contribution in [2.45, 2.75) is 0 Å². The average molecular weight is 169 g/mol. The van der Waals surface area contributed by atoms with Crippen molar-refractivity contribution in [3.05, 3.63) is 6.08 Å². The van der Waals surface area contributed by atoms with E-state index in [0.717, 1.165) is 0 Å². The highest BCUT2D eigenvalue weighted by atomic mass is 19.1. The molecular formula is C5H4FN5O. The van der Waals surface area contributed by atoms with Crippen LogP contribution >= 0.6 is 0 Å². The van der Waals surface area contributed by atoms with E-state index in [2.05, 4.69) is 19.9 Å². The van der Waals surface area contributed by atoms with Crippen LogP contribution in [0.15, 0.2) is 0 Å². The fraction of sp³-hybridized carbons (Fsp3) is 0. The molecular weight excluding hydrogens is 165 g/mol. The second-order valence-electron chi connectivity index (χ2n) is 2.13. The van der Waals surface area contributed by atoms with Crippen LogP contribution in [0.1, 0.15) is 0 Å². The number of nitrogens with zero attached hydrogens (tertiary/aromatic N) is 3. The van der Waals surface area contributed by atoms with E-state index in [9.17, 15) is 4.39 Å². The Morgan fingerprint density at radius 3 is 2.83 bits per heavy atom. The van der Waals surface area contributed by atoms with Crippen LogP contribution in [0.4, 0.5) is 10.3 Å². The number of nitrogens with one attached hydrogen (secondary N) is 1. The molecule has 0 aliphatic carbocycles. The summed E-state index contributed by atoms with van der Waals surface area (Å²) < 4.78 is 12.4. The first-order chi connectivity index (χ1) is 5.66. The zero-order chi connectivity index (χ0) is 8.72. The molecule has 12 heavy (non-hydrogen) atoms. The summed E-state index contributed by atoms with van der Waals surface area (Å²) in [6.45, 7) is 0. The van der Waals surface area contributed by atoms with Crippen molar-refractivity contribution >= 4 is 17.1 Å². The van der Waals surface area contributed by atoms with Gasteiger partial charge in [-0.3, -0.25) is 0 Å². The third-order valence-corrected chi connectivity index (χ3v) is 1.32. The highest BCUT2D eigenvalue weighted by Gasteiger charge is 2.09. The number of imidazole rings is 1. The lowest BCUT2D eigenvalue weighted by atomic mass is 10.5. The van der Waals surface area contributed by atoms with E-state index < -0.39 is 12.0 Å². The second-order valence-corrected chi connectivity index (χ2v) is 2.13. The van der Waals surface area contributed by atoms with Gasteiger partial charge in [0, 0.05) is 0 Å². The first-order valence-corrected chi connectivity index (χ1v) is 3.04. The van der Waals surface area contributed by atoms with Crippen molar-refractivity contribution < 1.29 is 9.50 Å². The Morgan fingerprint density at radius 2 is 2.08 bits per heavy atom. The molecule has 0 unspecified atom stereocenters. The van der Waals surface area contributed by atoms with E-state index in [1.807, 2.05) is 0 Å². The maximum Gasteiger partial charge on any atom is 0.289 e. The fourth-order valence-electron chi connectivity index (χ4n) is 0.871. The molecule has 0 spiro atoms. The van der Waals surface area contributed by atoms with Crippen LogP contribution in [-0.4, -0.2) is 25.0 Å². The molecule has 2 rings (SSSR count). The summed E-state index contributed by atoms with van der Waals surface area (Å²) >= 11 is 0. The summed E-state index contributed by atoms with van der Waals surface area (Å²) in [5.74, 6) is -0.555. The number of H-pyrrole nitrogens is 1. The zero-order valence-corrected chi connectivity index (χ0v) is 5.74. The van der Waals surface area contributed by atoms with Gasteiger partial charge in [-0.15, -0.1) is 0 Å². The van der Waals surface area contributed by atoms with Crippen LogP contribution < -0.4 is 5.73 Å². The summed E-state index contributed by atoms with van der Waals surface area (Å²) in [5, 5.41) is 9.10. The Labute approximate surface area is 65.3 Å². The third-order valence-electron chi connectivity index (χ3n) is 1.32. The molecule has 62 valence electrons. The van der Waals surface area contributed by atoms with Crippen molar-refractivity contribution in [2.75, 3.05) is 5.73 Å². The standard InChI is InChI=1S/C5H4FN5O/c6-4-8-1-2(9-4)10-5(7)11-3(1)12/h(H4,7,8,9,10,11,12). The van der Waals surface area contributed by atoms with Gasteiger partial charge in [0.1, 0.15) is 0 Å². The Bertz CT molecular complexity index is 439. The van der Waals surface area contributed by atoms with Gasteiger partial charge in [0.15, 0.2) is 11.2 Å². The van der Waals surface area contributed by atoms with Crippen LogP contribution in [0.3, 0.4) is 0 Å². The molecule has 7 heteroatoms. The van der Waals surface area contributed by atoms with Gasteiger partial charge in [0.25, 0.3) is 6.08 Å². The van der Waals surface area contributed by atoms with Crippen molar-refractivity contribution in [1.82, 2.24) is 19.9 Å². The molecule has 6 nitrogen and oxygen atoms in total. The van der Waals surface area contributed by atoms with E-state index in [1.165, 1.54) is 0 Å². The fourth-order valence-corrected chi connectivity index (χ4v) is 0.871. The van der Waals surface area contributed by atoms with Gasteiger partial charge in [0.05, 0.1) is 0 Å². The molecule has 0 bridgehead atoms. The lowest BCUT2D eigenvalue weighted by molar-refractivity contribution is 0.458. The average Bonchev–Trinajstić information content (AvgIpc) is 2.29. The van der Waals surface area contributed by atoms with Crippen molar-refractivity contribution in [3.63, 3.8) is 0 Å². The molecule has 0 radical (unpaired) electrons. The van der Waals surface area contributed by atoms with Gasteiger partial charge in [0.2, 0.25) is 11.8 Å². The van der Waals surface area contributed by atoms with Crippen LogP contribution in [0, 0.1) is 6.08 Å². The normalized spacial score (nSPS) is 10.8. The minimum absolute atomic E-state index is 0.0116. The summed E-state index contributed by atoms with van der Waals surface area (Å²) in [5.41, 5.74) is 5.23. The minimum Gasteiger partial charge on any atom is -0.492 e. The van der Waals surface area contributed by atoms with E-state index >= 15 is 0 Å². The number of aromatic amines is 1. The third kappa shape index (κ3) is 0.831. The number of anilines is 1. The summed E-state index contributed by atoms with van der Waals surface area (Å²) in [6.07, 6.45) is -0.833. The topological polar surface area (TPSA) is 101 Å². The predicted octanol–water partition coefficient (Wildman–Crippen LogP) is -0.220. The largest absolute Gasteiger partial charge is 0.492 e. The van der Waals surface area contributed by atoms with Crippen LogP contribution in [0.2, 0.25) is 0 Å². The van der Waals surface area contributed by atoms with Crippen LogP contribution in [-0.2, 0) is 0 Å². The number of halogens is 1. The zero-order valence-electron chi connectivity index (χ0n) is 5.74. The van der Waals surface area contributed by atoms with E-state index in [1.54, 1.807) is 0 Å². The second kappa shape index (κ2) is 2.03. The number of rotatable bonds is 0. The number of aromatic nitrogens is 4. The van der Waals surface area contributed by atoms with Gasteiger partial charge in [-0.2, -0.15) is 19.3 Å². The van der Waals surface area contributed by atoms with E-state index in [0.29, 0.717) is 0 Å². The van der Waals surface area contributed by atoms with Gasteiger partial charge >= 0.3 is 0 Å². The van der Waals surface area contributed by atoms with Crippen molar-refractivity contribution in [2.24, 2.45) is 0 Å². The summed E-state index contributed by atoms with van der Waals surface area (Å²) in [4.78, 5) is 12.4. The van der Waals surface area contributed by atoms with Crippen LogP contribution in [0.25, 0.3) is 11.2 Å². The van der Waals surface area contributed by atoms with Gasteiger partial charge in [-0.05, 0) is 0 Å². The molecule has 0 saturated heterocycles. The quantitative estimate of drug-likeness (QED) is 0.473. The molecule has 2 aromatic rings. The molecule has 0 saturated carbocycles. The van der Waals surface area contributed by atoms with Crippen molar-refractivity contribution in [1.29, 1.82) is 0 Å². The number of nitrogens with two attached hydrogens (primary N) is 1. The highest BCUT2D eigenvalue weighted by Crippen LogP contribution is 2.18. The lowest BCUT2D eigenvalue weighted by Crippen LogP contribution is -1.94. The van der Waals surface area contributed by atoms with Gasteiger partial charge < -0.3 is 15.8 Å². The number of aromatic hydroxyl groups is 1.